The highest BCUT2D eigenvalue weighted by Crippen LogP contribution is 2.50. The quantitative estimate of drug-likeness (QED) is 0.685. The van der Waals surface area contributed by atoms with E-state index in [1.807, 2.05) is 6.07 Å². The summed E-state index contributed by atoms with van der Waals surface area (Å²) in [5.41, 5.74) is 1.51. The van der Waals surface area contributed by atoms with E-state index in [0.29, 0.717) is 46.8 Å². The number of amides is 1. The minimum atomic E-state index is -1.33. The molecule has 0 aromatic heterocycles. The lowest BCUT2D eigenvalue weighted by Gasteiger charge is -2.19. The van der Waals surface area contributed by atoms with E-state index in [4.69, 9.17) is 14.2 Å². The van der Waals surface area contributed by atoms with Gasteiger partial charge in [-0.25, -0.2) is 4.79 Å². The first-order valence-electron chi connectivity index (χ1n) is 9.52. The number of benzene rings is 1. The van der Waals surface area contributed by atoms with E-state index < -0.39 is 23.3 Å². The van der Waals surface area contributed by atoms with Crippen LogP contribution in [0.2, 0.25) is 0 Å². The van der Waals surface area contributed by atoms with E-state index in [9.17, 15) is 19.5 Å². The van der Waals surface area contributed by atoms with Crippen molar-refractivity contribution < 1.29 is 28.9 Å². The molecule has 1 atom stereocenters. The number of aromatic carboxylic acids is 1. The van der Waals surface area contributed by atoms with Gasteiger partial charge in [0, 0.05) is 5.56 Å². The Kier molecular flexibility index (Phi) is 6.29. The third kappa shape index (κ3) is 3.96. The number of carboxylic acid groups (broad SMARTS) is 1. The van der Waals surface area contributed by atoms with Gasteiger partial charge in [0.2, 0.25) is 11.7 Å². The second kappa shape index (κ2) is 8.91. The third-order valence-electron chi connectivity index (χ3n) is 5.27. The molecule has 1 amide bonds. The first-order chi connectivity index (χ1) is 14.9. The van der Waals surface area contributed by atoms with E-state index in [2.05, 4.69) is 11.9 Å². The minimum absolute atomic E-state index is 0.371. The van der Waals surface area contributed by atoms with Crippen molar-refractivity contribution in [3.63, 3.8) is 0 Å². The van der Waals surface area contributed by atoms with Gasteiger partial charge in [-0.2, -0.15) is 0 Å². The van der Waals surface area contributed by atoms with Crippen LogP contribution in [0.4, 0.5) is 0 Å². The first-order valence-corrected chi connectivity index (χ1v) is 9.52. The Hall–Kier alpha value is -3.81. The van der Waals surface area contributed by atoms with Crippen LogP contribution in [0.3, 0.4) is 0 Å². The zero-order valence-corrected chi connectivity index (χ0v) is 17.5. The highest BCUT2D eigenvalue weighted by atomic mass is 16.5. The van der Waals surface area contributed by atoms with E-state index >= 15 is 0 Å². The van der Waals surface area contributed by atoms with Crippen molar-refractivity contribution in [1.82, 2.24) is 5.32 Å². The Labute approximate surface area is 179 Å². The maximum Gasteiger partial charge on any atom is 0.339 e. The summed E-state index contributed by atoms with van der Waals surface area (Å²) < 4.78 is 16.6. The molecule has 2 aromatic rings. The average molecular weight is 425 g/mol. The summed E-state index contributed by atoms with van der Waals surface area (Å²) >= 11 is 0. The average Bonchev–Trinajstić information content (AvgIpc) is 3.01. The van der Waals surface area contributed by atoms with Crippen molar-refractivity contribution in [2.24, 2.45) is 0 Å². The molecule has 8 nitrogen and oxygen atoms in total. The van der Waals surface area contributed by atoms with Crippen molar-refractivity contribution in [2.75, 3.05) is 21.3 Å². The standard InChI is InChI=1S/C23H23NO7/c1-5-19(26)24-16-9-6-12-10-18(29-2)21(30-3)22(31-4)20(12)13-7-8-14(23(27)28)17(25)11-15(13)16/h5,7-8,10-11,16H,1,6,9H2,2-4H3,(H,24,26)(H,27,28). The number of methoxy groups -OCH3 is 3. The fourth-order valence-corrected chi connectivity index (χ4v) is 3.87. The third-order valence-corrected chi connectivity index (χ3v) is 5.27. The monoisotopic (exact) mass is 425 g/mol. The molecule has 0 saturated heterocycles. The van der Waals surface area contributed by atoms with Crippen LogP contribution >= 0.6 is 0 Å². The van der Waals surface area contributed by atoms with Crippen LogP contribution in [0.5, 0.6) is 17.2 Å². The largest absolute Gasteiger partial charge is 0.493 e. The predicted octanol–water partition coefficient (Wildman–Crippen LogP) is 2.73. The zero-order chi connectivity index (χ0) is 22.7. The second-order valence-corrected chi connectivity index (χ2v) is 6.91. The van der Waals surface area contributed by atoms with Crippen molar-refractivity contribution in [3.05, 3.63) is 63.8 Å². The van der Waals surface area contributed by atoms with Gasteiger partial charge in [-0.3, -0.25) is 9.59 Å². The van der Waals surface area contributed by atoms with Gasteiger partial charge in [0.1, 0.15) is 5.56 Å². The van der Waals surface area contributed by atoms with E-state index in [-0.39, 0.29) is 5.56 Å². The number of carbonyl (C=O) groups is 2. The van der Waals surface area contributed by atoms with Crippen LogP contribution in [0, 0.1) is 0 Å². The molecule has 0 spiro atoms. The molecule has 3 rings (SSSR count). The maximum absolute atomic E-state index is 12.6. The van der Waals surface area contributed by atoms with Gasteiger partial charge in [-0.05, 0) is 53.8 Å². The van der Waals surface area contributed by atoms with Crippen LogP contribution < -0.4 is 25.0 Å². The number of fused-ring (bicyclic) bond motifs is 3. The topological polar surface area (TPSA) is 111 Å². The van der Waals surface area contributed by atoms with Gasteiger partial charge in [-0.15, -0.1) is 0 Å². The number of carboxylic acids is 1. The number of hydrogen-bond donors (Lipinski definition) is 2. The molecule has 0 heterocycles. The van der Waals surface area contributed by atoms with Crippen LogP contribution in [0.25, 0.3) is 11.1 Å². The summed E-state index contributed by atoms with van der Waals surface area (Å²) in [6.45, 7) is 3.48. The van der Waals surface area contributed by atoms with Crippen molar-refractivity contribution in [2.45, 2.75) is 18.9 Å². The normalized spacial score (nSPS) is 14.4. The minimum Gasteiger partial charge on any atom is -0.493 e. The Balaban J connectivity index is 2.42. The smallest absolute Gasteiger partial charge is 0.339 e. The van der Waals surface area contributed by atoms with Crippen LogP contribution in [0.15, 0.2) is 41.7 Å². The lowest BCUT2D eigenvalue weighted by molar-refractivity contribution is -0.117. The van der Waals surface area contributed by atoms with Gasteiger partial charge < -0.3 is 24.6 Å². The fraction of sp³-hybridized carbons (Fsp3) is 0.261. The number of aryl methyl sites for hydroxylation is 1. The molecule has 1 aliphatic rings. The Morgan fingerprint density at radius 1 is 1.13 bits per heavy atom. The molecule has 0 saturated carbocycles. The molecule has 162 valence electrons. The van der Waals surface area contributed by atoms with E-state index in [1.165, 1.54) is 33.5 Å². The maximum atomic E-state index is 12.6. The Morgan fingerprint density at radius 2 is 1.84 bits per heavy atom. The summed E-state index contributed by atoms with van der Waals surface area (Å²) in [4.78, 5) is 36.3. The first kappa shape index (κ1) is 21.9. The van der Waals surface area contributed by atoms with Gasteiger partial charge in [-0.1, -0.05) is 12.6 Å². The highest BCUT2D eigenvalue weighted by molar-refractivity contribution is 5.90. The molecule has 2 N–H and O–H groups in total. The summed E-state index contributed by atoms with van der Waals surface area (Å²) in [5, 5.41) is 12.3. The molecule has 0 fully saturated rings. The van der Waals surface area contributed by atoms with Gasteiger partial charge in [0.15, 0.2) is 16.9 Å². The van der Waals surface area contributed by atoms with Crippen molar-refractivity contribution in [3.8, 4) is 28.4 Å². The Morgan fingerprint density at radius 3 is 2.42 bits per heavy atom. The lowest BCUT2D eigenvalue weighted by atomic mass is 9.95. The van der Waals surface area contributed by atoms with E-state index in [0.717, 1.165) is 11.6 Å². The number of nitrogens with one attached hydrogen (secondary N) is 1. The van der Waals surface area contributed by atoms with Crippen molar-refractivity contribution >= 4 is 11.9 Å². The van der Waals surface area contributed by atoms with Crippen LogP contribution in [0.1, 0.15) is 33.9 Å². The second-order valence-electron chi connectivity index (χ2n) is 6.91. The molecule has 8 heteroatoms. The van der Waals surface area contributed by atoms with E-state index in [1.54, 1.807) is 6.07 Å². The fourth-order valence-electron chi connectivity index (χ4n) is 3.87. The number of ether oxygens (including phenoxy) is 3. The number of rotatable bonds is 6. The zero-order valence-electron chi connectivity index (χ0n) is 17.5. The molecule has 0 bridgehead atoms. The van der Waals surface area contributed by atoms with Gasteiger partial charge in [0.05, 0.1) is 27.4 Å². The summed E-state index contributed by atoms with van der Waals surface area (Å²) in [7, 11) is 4.49. The highest BCUT2D eigenvalue weighted by Gasteiger charge is 2.29. The molecule has 1 unspecified atom stereocenters. The molecule has 0 radical (unpaired) electrons. The molecular weight excluding hydrogens is 402 g/mol. The summed E-state index contributed by atoms with van der Waals surface area (Å²) in [5.74, 6) is -0.494. The predicted molar refractivity (Wildman–Crippen MR) is 114 cm³/mol. The molecule has 2 aromatic carbocycles. The summed E-state index contributed by atoms with van der Waals surface area (Å²) in [6, 6.07) is 5.36. The van der Waals surface area contributed by atoms with Crippen molar-refractivity contribution in [1.29, 1.82) is 0 Å². The SMILES string of the molecule is C=CC(=O)NC1CCc2cc(OC)c(OC)c(OC)c2-c2ccc(C(=O)O)c(=O)cc21. The molecule has 0 aliphatic heterocycles. The van der Waals surface area contributed by atoms with Gasteiger partial charge >= 0.3 is 5.97 Å². The molecule has 31 heavy (non-hydrogen) atoms. The van der Waals surface area contributed by atoms with Crippen LogP contribution in [-0.4, -0.2) is 38.3 Å². The lowest BCUT2D eigenvalue weighted by Crippen LogP contribution is -2.27. The van der Waals surface area contributed by atoms with Crippen LogP contribution in [-0.2, 0) is 11.2 Å². The number of carbonyl (C=O) groups excluding carboxylic acids is 1. The molecular formula is C23H23NO7. The Bertz CT molecular complexity index is 1120. The summed E-state index contributed by atoms with van der Waals surface area (Å²) in [6.07, 6.45) is 2.14. The molecule has 1 aliphatic carbocycles. The number of hydrogen-bond acceptors (Lipinski definition) is 6. The van der Waals surface area contributed by atoms with Gasteiger partial charge in [0.25, 0.3) is 0 Å².